The molecule has 1 aromatic heterocycles. The number of alkyl halides is 1. The van der Waals surface area contributed by atoms with Gasteiger partial charge < -0.3 is 9.72 Å². The van der Waals surface area contributed by atoms with E-state index in [0.29, 0.717) is 36.5 Å². The van der Waals surface area contributed by atoms with Gasteiger partial charge in [0.25, 0.3) is 10.0 Å². The fourth-order valence-corrected chi connectivity index (χ4v) is 5.99. The minimum absolute atomic E-state index is 0.0784. The molecule has 0 bridgehead atoms. The molecule has 0 spiro atoms. The van der Waals surface area contributed by atoms with Gasteiger partial charge in [0, 0.05) is 32.6 Å². The molecule has 34 heavy (non-hydrogen) atoms. The van der Waals surface area contributed by atoms with Gasteiger partial charge in [-0.05, 0) is 48.2 Å². The molecule has 0 radical (unpaired) electrons. The van der Waals surface area contributed by atoms with Crippen LogP contribution in [0, 0.1) is 5.92 Å². The van der Waals surface area contributed by atoms with Gasteiger partial charge >= 0.3 is 5.69 Å². The number of sulfonamides is 1. The Morgan fingerprint density at radius 2 is 1.82 bits per heavy atom. The third-order valence-corrected chi connectivity index (χ3v) is 8.12. The minimum Gasteiger partial charge on any atom is -0.381 e. The third kappa shape index (κ3) is 4.90. The Labute approximate surface area is 199 Å². The molecular formula is C25H32FN3O4S. The first-order valence-electron chi connectivity index (χ1n) is 11.7. The van der Waals surface area contributed by atoms with Crippen LogP contribution < -0.4 is 9.99 Å². The fourth-order valence-electron chi connectivity index (χ4n) is 4.34. The van der Waals surface area contributed by atoms with Crippen molar-refractivity contribution in [2.24, 2.45) is 5.92 Å². The van der Waals surface area contributed by atoms with Crippen LogP contribution in [0.2, 0.25) is 0 Å². The van der Waals surface area contributed by atoms with Crippen molar-refractivity contribution in [1.29, 1.82) is 0 Å². The van der Waals surface area contributed by atoms with Gasteiger partial charge in [-0.15, -0.1) is 0 Å². The number of nitrogens with zero attached hydrogens (tertiary/aromatic N) is 2. The number of aromatic nitrogens is 2. The van der Waals surface area contributed by atoms with Gasteiger partial charge in [0.05, 0.1) is 28.2 Å². The van der Waals surface area contributed by atoms with Crippen LogP contribution in [0.1, 0.15) is 39.2 Å². The van der Waals surface area contributed by atoms with E-state index in [1.54, 1.807) is 6.07 Å². The molecule has 0 unspecified atom stereocenters. The van der Waals surface area contributed by atoms with E-state index in [1.165, 1.54) is 21.0 Å². The summed E-state index contributed by atoms with van der Waals surface area (Å²) in [7, 11) is -3.89. The largest absolute Gasteiger partial charge is 0.381 e. The zero-order valence-corrected chi connectivity index (χ0v) is 20.7. The molecule has 1 N–H and O–H groups in total. The van der Waals surface area contributed by atoms with Crippen LogP contribution in [-0.4, -0.2) is 43.4 Å². The van der Waals surface area contributed by atoms with Crippen LogP contribution in [0.15, 0.2) is 52.2 Å². The molecule has 3 aromatic rings. The van der Waals surface area contributed by atoms with E-state index in [4.69, 9.17) is 4.74 Å². The molecule has 7 nitrogen and oxygen atoms in total. The van der Waals surface area contributed by atoms with Crippen molar-refractivity contribution in [2.45, 2.75) is 57.1 Å². The molecule has 9 heteroatoms. The first kappa shape index (κ1) is 24.5. The van der Waals surface area contributed by atoms with Crippen molar-refractivity contribution in [3.05, 3.63) is 58.5 Å². The predicted octanol–water partition coefficient (Wildman–Crippen LogP) is 4.26. The van der Waals surface area contributed by atoms with E-state index in [9.17, 15) is 13.2 Å². The lowest BCUT2D eigenvalue weighted by molar-refractivity contribution is -0.0175. The molecule has 1 fully saturated rings. The highest BCUT2D eigenvalue weighted by atomic mass is 32.2. The van der Waals surface area contributed by atoms with Crippen LogP contribution in [-0.2, 0) is 27.7 Å². The smallest absolute Gasteiger partial charge is 0.326 e. The van der Waals surface area contributed by atoms with Crippen LogP contribution in [0.3, 0.4) is 0 Å². The number of nitrogens with one attached hydrogen (secondary N) is 1. The number of aromatic amines is 1. The number of rotatable bonds is 8. The maximum absolute atomic E-state index is 15.2. The fraction of sp³-hybridized carbons (Fsp3) is 0.480. The van der Waals surface area contributed by atoms with Crippen LogP contribution in [0.5, 0.6) is 0 Å². The van der Waals surface area contributed by atoms with E-state index >= 15 is 4.39 Å². The third-order valence-electron chi connectivity index (χ3n) is 6.33. The lowest BCUT2D eigenvalue weighted by atomic mass is 9.96. The summed E-state index contributed by atoms with van der Waals surface area (Å²) in [6, 6.07) is 12.0. The van der Waals surface area contributed by atoms with Crippen molar-refractivity contribution in [1.82, 2.24) is 9.55 Å². The van der Waals surface area contributed by atoms with Gasteiger partial charge in [0.1, 0.15) is 5.67 Å². The topological polar surface area (TPSA) is 84.4 Å². The van der Waals surface area contributed by atoms with Gasteiger partial charge in [0.2, 0.25) is 0 Å². The summed E-state index contributed by atoms with van der Waals surface area (Å²) in [6.45, 7) is 6.84. The summed E-state index contributed by atoms with van der Waals surface area (Å²) in [4.78, 5) is 15.4. The lowest BCUT2D eigenvalue weighted by Gasteiger charge is -2.29. The Balaban J connectivity index is 1.71. The summed E-state index contributed by atoms with van der Waals surface area (Å²) in [5.74, 6) is 0.102. The molecule has 1 saturated heterocycles. The van der Waals surface area contributed by atoms with E-state index in [0.717, 1.165) is 12.0 Å². The first-order chi connectivity index (χ1) is 16.1. The van der Waals surface area contributed by atoms with Crippen LogP contribution >= 0.6 is 0 Å². The highest BCUT2D eigenvalue weighted by molar-refractivity contribution is 7.92. The van der Waals surface area contributed by atoms with Crippen molar-refractivity contribution >= 4 is 26.7 Å². The normalized spacial score (nSPS) is 16.3. The number of hydrogen-bond donors (Lipinski definition) is 1. The molecule has 0 aliphatic carbocycles. The second kappa shape index (κ2) is 9.54. The molecule has 0 saturated carbocycles. The number of anilines is 1. The molecule has 0 amide bonds. The molecule has 4 rings (SSSR count). The minimum atomic E-state index is -3.89. The quantitative estimate of drug-likeness (QED) is 0.512. The number of aryl methyl sites for hydroxylation is 1. The summed E-state index contributed by atoms with van der Waals surface area (Å²) < 4.78 is 50.6. The number of halogens is 1. The molecule has 1 aliphatic rings. The summed E-state index contributed by atoms with van der Waals surface area (Å²) >= 11 is 0. The van der Waals surface area contributed by atoms with Gasteiger partial charge in [-0.1, -0.05) is 32.9 Å². The maximum atomic E-state index is 15.2. The Morgan fingerprint density at radius 1 is 1.15 bits per heavy atom. The highest BCUT2D eigenvalue weighted by Gasteiger charge is 2.34. The number of fused-ring (bicyclic) bond motifs is 1. The number of imidazole rings is 1. The average molecular weight is 490 g/mol. The lowest BCUT2D eigenvalue weighted by Crippen LogP contribution is -2.38. The van der Waals surface area contributed by atoms with Crippen LogP contribution in [0.4, 0.5) is 10.1 Å². The maximum Gasteiger partial charge on any atom is 0.326 e. The first-order valence-corrected chi connectivity index (χ1v) is 13.2. The van der Waals surface area contributed by atoms with Crippen molar-refractivity contribution in [3.8, 4) is 0 Å². The molecule has 2 heterocycles. The van der Waals surface area contributed by atoms with Gasteiger partial charge in [-0.25, -0.2) is 17.6 Å². The number of H-pyrrole nitrogens is 1. The monoisotopic (exact) mass is 489 g/mol. The SMILES string of the molecule is CCc1ccc(N(CC(C)C)S(=O)(=O)c2ccc3c(c2)[nH]c(=O)n3CC2(F)CCOCC2)cc1. The number of hydrogen-bond acceptors (Lipinski definition) is 4. The van der Waals surface area contributed by atoms with E-state index in [2.05, 4.69) is 4.98 Å². The Morgan fingerprint density at radius 3 is 2.44 bits per heavy atom. The van der Waals surface area contributed by atoms with Crippen LogP contribution in [0.25, 0.3) is 11.0 Å². The van der Waals surface area contributed by atoms with Gasteiger partial charge in [-0.2, -0.15) is 0 Å². The zero-order chi connectivity index (χ0) is 24.5. The molecule has 184 valence electrons. The standard InChI is InChI=1S/C25H32FN3O4S/c1-4-19-5-7-20(8-6-19)29(16-18(2)3)34(31,32)21-9-10-23-22(15-21)27-24(30)28(23)17-25(26)11-13-33-14-12-25/h5-10,15,18H,4,11-14,16-17H2,1-3H3,(H,27,30). The molecule has 1 aliphatic heterocycles. The zero-order valence-electron chi connectivity index (χ0n) is 19.9. The van der Waals surface area contributed by atoms with Crippen molar-refractivity contribution in [3.63, 3.8) is 0 Å². The van der Waals surface area contributed by atoms with E-state index in [1.807, 2.05) is 45.0 Å². The van der Waals surface area contributed by atoms with Crippen molar-refractivity contribution in [2.75, 3.05) is 24.1 Å². The number of benzene rings is 2. The summed E-state index contributed by atoms with van der Waals surface area (Å²) in [5.41, 5.74) is 0.586. The van der Waals surface area contributed by atoms with E-state index in [-0.39, 0.29) is 30.2 Å². The second-order valence-electron chi connectivity index (χ2n) is 9.41. The van der Waals surface area contributed by atoms with E-state index < -0.39 is 21.4 Å². The van der Waals surface area contributed by atoms with Gasteiger partial charge in [-0.3, -0.25) is 8.87 Å². The average Bonchev–Trinajstić information content (AvgIpc) is 3.11. The molecular weight excluding hydrogens is 457 g/mol. The van der Waals surface area contributed by atoms with Gasteiger partial charge in [0.15, 0.2) is 0 Å². The summed E-state index contributed by atoms with van der Waals surface area (Å²) in [6.07, 6.45) is 1.31. The Bertz CT molecular complexity index is 1310. The number of ether oxygens (including phenoxy) is 1. The predicted molar refractivity (Wildman–Crippen MR) is 132 cm³/mol. The summed E-state index contributed by atoms with van der Waals surface area (Å²) in [5, 5.41) is 0. The Hall–Kier alpha value is -2.65. The molecule has 2 aromatic carbocycles. The highest BCUT2D eigenvalue weighted by Crippen LogP contribution is 2.30. The molecule has 0 atom stereocenters. The Kier molecular flexibility index (Phi) is 6.87. The van der Waals surface area contributed by atoms with Crippen molar-refractivity contribution < 1.29 is 17.5 Å². The second-order valence-corrected chi connectivity index (χ2v) is 11.3.